The van der Waals surface area contributed by atoms with Crippen molar-refractivity contribution in [3.63, 3.8) is 0 Å². The molecule has 2 heterocycles. The zero-order valence-electron chi connectivity index (χ0n) is 7.70. The molecule has 0 spiro atoms. The summed E-state index contributed by atoms with van der Waals surface area (Å²) in [5, 5.41) is 0. The molecule has 0 radical (unpaired) electrons. The van der Waals surface area contributed by atoms with Gasteiger partial charge in [0.15, 0.2) is 0 Å². The minimum Gasteiger partial charge on any atom is -0.375 e. The third-order valence-electron chi connectivity index (χ3n) is 2.96. The number of hydrogen-bond donors (Lipinski definition) is 1. The van der Waals surface area contributed by atoms with Crippen LogP contribution >= 0.6 is 0 Å². The van der Waals surface area contributed by atoms with E-state index >= 15 is 0 Å². The van der Waals surface area contributed by atoms with E-state index in [4.69, 9.17) is 10.5 Å². The Hall–Kier alpha value is -0.120. The molecule has 2 N–H and O–H groups in total. The molecule has 0 aliphatic carbocycles. The Balaban J connectivity index is 1.82. The van der Waals surface area contributed by atoms with Gasteiger partial charge in [0.1, 0.15) is 0 Å². The molecule has 3 atom stereocenters. The number of nitrogens with two attached hydrogens (primary N) is 1. The number of rotatable bonds is 3. The molecule has 0 saturated carbocycles. The molecule has 2 rings (SSSR count). The van der Waals surface area contributed by atoms with Crippen LogP contribution in [0.2, 0.25) is 0 Å². The Kier molecular flexibility index (Phi) is 2.35. The van der Waals surface area contributed by atoms with Gasteiger partial charge in [0, 0.05) is 19.1 Å². The molecule has 0 aromatic rings. The first-order valence-corrected chi connectivity index (χ1v) is 4.85. The Morgan fingerprint density at radius 2 is 2.50 bits per heavy atom. The summed E-state index contributed by atoms with van der Waals surface area (Å²) in [4.78, 5) is 2.53. The van der Waals surface area contributed by atoms with Crippen molar-refractivity contribution >= 4 is 0 Å². The summed E-state index contributed by atoms with van der Waals surface area (Å²) in [6.45, 7) is 6.25. The number of ether oxygens (including phenoxy) is 1. The van der Waals surface area contributed by atoms with Gasteiger partial charge in [0.05, 0.1) is 12.7 Å². The largest absolute Gasteiger partial charge is 0.375 e. The third kappa shape index (κ3) is 1.49. The van der Waals surface area contributed by atoms with Crippen LogP contribution < -0.4 is 5.73 Å². The molecule has 3 heteroatoms. The van der Waals surface area contributed by atoms with Crippen LogP contribution in [-0.4, -0.2) is 43.3 Å². The van der Waals surface area contributed by atoms with Crippen molar-refractivity contribution in [3.8, 4) is 0 Å². The van der Waals surface area contributed by atoms with Crippen molar-refractivity contribution in [2.45, 2.75) is 25.5 Å². The molecule has 70 valence electrons. The van der Waals surface area contributed by atoms with Gasteiger partial charge in [-0.2, -0.15) is 0 Å². The quantitative estimate of drug-likeness (QED) is 0.650. The number of hydrogen-bond acceptors (Lipinski definition) is 3. The molecule has 2 aliphatic heterocycles. The SMILES string of the molecule is CC(CN)CN1CC2CC1CO2. The van der Waals surface area contributed by atoms with Crippen molar-refractivity contribution in [2.24, 2.45) is 11.7 Å². The lowest BCUT2D eigenvalue weighted by Crippen LogP contribution is -2.40. The van der Waals surface area contributed by atoms with E-state index in [0.29, 0.717) is 18.1 Å². The van der Waals surface area contributed by atoms with Crippen molar-refractivity contribution in [1.82, 2.24) is 4.90 Å². The molecule has 2 saturated heterocycles. The Bertz CT molecular complexity index is 163. The van der Waals surface area contributed by atoms with E-state index in [1.54, 1.807) is 0 Å². The van der Waals surface area contributed by atoms with Gasteiger partial charge in [-0.05, 0) is 18.9 Å². The summed E-state index contributed by atoms with van der Waals surface area (Å²) in [6, 6.07) is 0.698. The zero-order valence-corrected chi connectivity index (χ0v) is 7.70. The minimum atomic E-state index is 0.528. The van der Waals surface area contributed by atoms with Crippen LogP contribution in [0, 0.1) is 5.92 Å². The maximum Gasteiger partial charge on any atom is 0.0718 e. The molecule has 2 aliphatic rings. The first-order valence-electron chi connectivity index (χ1n) is 4.85. The van der Waals surface area contributed by atoms with Crippen LogP contribution in [0.4, 0.5) is 0 Å². The van der Waals surface area contributed by atoms with Crippen LogP contribution in [0.15, 0.2) is 0 Å². The summed E-state index contributed by atoms with van der Waals surface area (Å²) in [5.74, 6) is 0.629. The second kappa shape index (κ2) is 3.32. The van der Waals surface area contributed by atoms with E-state index in [2.05, 4.69) is 11.8 Å². The Labute approximate surface area is 73.9 Å². The Morgan fingerprint density at radius 3 is 3.00 bits per heavy atom. The summed E-state index contributed by atoms with van der Waals surface area (Å²) in [6.07, 6.45) is 1.78. The van der Waals surface area contributed by atoms with Crippen LogP contribution in [-0.2, 0) is 4.74 Å². The molecule has 3 unspecified atom stereocenters. The highest BCUT2D eigenvalue weighted by molar-refractivity contribution is 4.91. The lowest BCUT2D eigenvalue weighted by atomic mass is 10.1. The van der Waals surface area contributed by atoms with Crippen molar-refractivity contribution in [3.05, 3.63) is 0 Å². The fourth-order valence-electron chi connectivity index (χ4n) is 2.18. The van der Waals surface area contributed by atoms with Gasteiger partial charge in [-0.1, -0.05) is 6.92 Å². The molecule has 2 fully saturated rings. The lowest BCUT2D eigenvalue weighted by molar-refractivity contribution is 0.0257. The first kappa shape index (κ1) is 8.48. The van der Waals surface area contributed by atoms with Crippen LogP contribution in [0.3, 0.4) is 0 Å². The van der Waals surface area contributed by atoms with E-state index in [0.717, 1.165) is 26.2 Å². The predicted octanol–water partition coefficient (Wildman–Crippen LogP) is 0.0543. The highest BCUT2D eigenvalue weighted by atomic mass is 16.5. The van der Waals surface area contributed by atoms with Crippen LogP contribution in [0.5, 0.6) is 0 Å². The van der Waals surface area contributed by atoms with Gasteiger partial charge >= 0.3 is 0 Å². The van der Waals surface area contributed by atoms with Crippen LogP contribution in [0.25, 0.3) is 0 Å². The fourth-order valence-corrected chi connectivity index (χ4v) is 2.18. The second-order valence-corrected chi connectivity index (χ2v) is 4.14. The maximum absolute atomic E-state index is 5.59. The molecular weight excluding hydrogens is 152 g/mol. The topological polar surface area (TPSA) is 38.5 Å². The maximum atomic E-state index is 5.59. The summed E-state index contributed by atoms with van der Waals surface area (Å²) >= 11 is 0. The molecular formula is C9H18N2O. The number of likely N-dealkylation sites (tertiary alicyclic amines) is 1. The predicted molar refractivity (Wildman–Crippen MR) is 47.9 cm³/mol. The summed E-state index contributed by atoms with van der Waals surface area (Å²) < 4.78 is 5.52. The van der Waals surface area contributed by atoms with Crippen molar-refractivity contribution in [1.29, 1.82) is 0 Å². The number of nitrogens with zero attached hydrogens (tertiary/aromatic N) is 1. The Morgan fingerprint density at radius 1 is 1.67 bits per heavy atom. The number of fused-ring (bicyclic) bond motifs is 2. The van der Waals surface area contributed by atoms with Gasteiger partial charge in [0.2, 0.25) is 0 Å². The molecule has 0 amide bonds. The zero-order chi connectivity index (χ0) is 8.55. The first-order chi connectivity index (χ1) is 5.79. The third-order valence-corrected chi connectivity index (χ3v) is 2.96. The van der Waals surface area contributed by atoms with Crippen molar-refractivity contribution in [2.75, 3.05) is 26.2 Å². The average Bonchev–Trinajstić information content (AvgIpc) is 2.64. The lowest BCUT2D eigenvalue weighted by Gasteiger charge is -2.28. The van der Waals surface area contributed by atoms with E-state index in [1.807, 2.05) is 0 Å². The van der Waals surface area contributed by atoms with Crippen molar-refractivity contribution < 1.29 is 4.74 Å². The summed E-state index contributed by atoms with van der Waals surface area (Å²) in [7, 11) is 0. The highest BCUT2D eigenvalue weighted by Crippen LogP contribution is 2.27. The van der Waals surface area contributed by atoms with Gasteiger partial charge in [-0.25, -0.2) is 0 Å². The average molecular weight is 170 g/mol. The summed E-state index contributed by atoms with van der Waals surface area (Å²) in [5.41, 5.74) is 5.59. The standard InChI is InChI=1S/C9H18N2O/c1-7(3-10)4-11-5-9-2-8(11)6-12-9/h7-9H,2-6,10H2,1H3. The van der Waals surface area contributed by atoms with Gasteiger partial charge in [0.25, 0.3) is 0 Å². The fraction of sp³-hybridized carbons (Fsp3) is 1.00. The highest BCUT2D eigenvalue weighted by Gasteiger charge is 2.38. The smallest absolute Gasteiger partial charge is 0.0718 e. The van der Waals surface area contributed by atoms with Crippen LogP contribution in [0.1, 0.15) is 13.3 Å². The molecule has 2 bridgehead atoms. The van der Waals surface area contributed by atoms with E-state index < -0.39 is 0 Å². The minimum absolute atomic E-state index is 0.528. The normalized spacial score (nSPS) is 37.5. The molecule has 12 heavy (non-hydrogen) atoms. The van der Waals surface area contributed by atoms with E-state index in [-0.39, 0.29) is 0 Å². The van der Waals surface area contributed by atoms with Gasteiger partial charge in [-0.15, -0.1) is 0 Å². The second-order valence-electron chi connectivity index (χ2n) is 4.14. The molecule has 3 nitrogen and oxygen atoms in total. The van der Waals surface area contributed by atoms with E-state index in [1.165, 1.54) is 6.42 Å². The van der Waals surface area contributed by atoms with Gasteiger partial charge < -0.3 is 10.5 Å². The van der Waals surface area contributed by atoms with Gasteiger partial charge in [-0.3, -0.25) is 4.90 Å². The monoisotopic (exact) mass is 170 g/mol. The molecule has 0 aromatic heterocycles. The molecule has 0 aromatic carbocycles. The van der Waals surface area contributed by atoms with E-state index in [9.17, 15) is 0 Å². The number of morpholine rings is 1.